The van der Waals surface area contributed by atoms with Gasteiger partial charge < -0.3 is 30.7 Å². The molecular weight excluding hydrogens is 464 g/mol. The molecule has 3 heterocycles. The zero-order valence-electron chi connectivity index (χ0n) is 18.2. The van der Waals surface area contributed by atoms with Crippen molar-refractivity contribution < 1.29 is 24.5 Å². The highest BCUT2D eigenvalue weighted by atomic mass is 35.5. The summed E-state index contributed by atoms with van der Waals surface area (Å²) < 4.78 is 12.6. The molecule has 0 bridgehead atoms. The molecule has 0 aliphatic carbocycles. The second-order valence-corrected chi connectivity index (χ2v) is 8.21. The van der Waals surface area contributed by atoms with Crippen LogP contribution in [0.5, 0.6) is 0 Å². The van der Waals surface area contributed by atoms with E-state index in [2.05, 4.69) is 26.8 Å². The van der Waals surface area contributed by atoms with Gasteiger partial charge in [0.25, 0.3) is 0 Å². The summed E-state index contributed by atoms with van der Waals surface area (Å²) in [6, 6.07) is 7.30. The van der Waals surface area contributed by atoms with Crippen LogP contribution < -0.4 is 11.1 Å². The van der Waals surface area contributed by atoms with Gasteiger partial charge in [-0.05, 0) is 30.5 Å². The highest BCUT2D eigenvalue weighted by Gasteiger charge is 2.45. The first-order valence-corrected chi connectivity index (χ1v) is 11.0. The van der Waals surface area contributed by atoms with Crippen molar-refractivity contribution in [3.63, 3.8) is 0 Å². The van der Waals surface area contributed by atoms with E-state index < -0.39 is 30.5 Å². The molecule has 3 aromatic rings. The van der Waals surface area contributed by atoms with Crippen LogP contribution >= 0.6 is 11.6 Å². The third-order valence-electron chi connectivity index (χ3n) is 5.50. The molecule has 0 spiro atoms. The molecule has 1 aromatic carbocycles. The van der Waals surface area contributed by atoms with Gasteiger partial charge in [-0.15, -0.1) is 0 Å². The molecule has 0 radical (unpaired) electrons. The van der Waals surface area contributed by atoms with Crippen LogP contribution in [0.25, 0.3) is 11.2 Å². The van der Waals surface area contributed by atoms with Crippen LogP contribution in [0.4, 0.5) is 11.8 Å². The van der Waals surface area contributed by atoms with E-state index in [1.54, 1.807) is 16.7 Å². The number of aliphatic hydroxyl groups excluding tert-OH is 2. The summed E-state index contributed by atoms with van der Waals surface area (Å²) in [4.78, 5) is 24.0. The maximum Gasteiger partial charge on any atom is 0.330 e. The molecule has 12 heteroatoms. The molecule has 180 valence electrons. The first-order valence-electron chi connectivity index (χ1n) is 10.7. The lowest BCUT2D eigenvalue weighted by Crippen LogP contribution is -2.32. The first kappa shape index (κ1) is 23.9. The van der Waals surface area contributed by atoms with E-state index in [1.807, 2.05) is 12.1 Å². The van der Waals surface area contributed by atoms with Crippen LogP contribution in [-0.2, 0) is 20.8 Å². The van der Waals surface area contributed by atoms with Crippen LogP contribution in [0, 0.1) is 0 Å². The minimum atomic E-state index is -1.26. The molecule has 1 fully saturated rings. The van der Waals surface area contributed by atoms with E-state index in [0.29, 0.717) is 41.5 Å². The summed E-state index contributed by atoms with van der Waals surface area (Å²) >= 11 is 5.96. The van der Waals surface area contributed by atoms with Crippen molar-refractivity contribution in [2.45, 2.75) is 43.9 Å². The van der Waals surface area contributed by atoms with Crippen LogP contribution in [0.3, 0.4) is 0 Å². The van der Waals surface area contributed by atoms with Crippen LogP contribution in [0.15, 0.2) is 43.2 Å². The van der Waals surface area contributed by atoms with Gasteiger partial charge in [-0.2, -0.15) is 0 Å². The van der Waals surface area contributed by atoms with Crippen LogP contribution in [0.2, 0.25) is 5.02 Å². The fourth-order valence-electron chi connectivity index (χ4n) is 3.77. The molecule has 4 atom stereocenters. The topological polar surface area (TPSA) is 158 Å². The highest BCUT2D eigenvalue weighted by Crippen LogP contribution is 2.36. The number of nitrogens with two attached hydrogens (primary N) is 1. The molecule has 1 aliphatic rings. The summed E-state index contributed by atoms with van der Waals surface area (Å²) in [5, 5.41) is 25.3. The Labute approximate surface area is 200 Å². The summed E-state index contributed by atoms with van der Waals surface area (Å²) in [7, 11) is 0. The Morgan fingerprint density at radius 1 is 1.29 bits per heavy atom. The van der Waals surface area contributed by atoms with Crippen LogP contribution in [-0.4, -0.2) is 60.6 Å². The number of benzene rings is 1. The van der Waals surface area contributed by atoms with Gasteiger partial charge >= 0.3 is 5.97 Å². The number of rotatable bonds is 9. The number of halogens is 1. The molecule has 11 nitrogen and oxygen atoms in total. The van der Waals surface area contributed by atoms with E-state index >= 15 is 0 Å². The number of aliphatic hydroxyl groups is 2. The largest absolute Gasteiger partial charge is 0.463 e. The quantitative estimate of drug-likeness (QED) is 0.199. The normalized spacial score (nSPS) is 22.1. The molecule has 4 unspecified atom stereocenters. The van der Waals surface area contributed by atoms with E-state index in [-0.39, 0.29) is 12.4 Å². The Hall–Kier alpha value is -3.25. The number of ether oxygens (including phenoxy) is 2. The molecule has 5 N–H and O–H groups in total. The standard InChI is InChI=1S/C22H25ClN6O5/c1-2-15(30)33-9-3-4-14-17(31)18(32)21(34-14)29-20-16(19(24)26-11-27-20)28-22(29)25-10-12-5-7-13(23)8-6-12/h2,5-8,11,14,17-18,21,31-32H,1,3-4,9-10H2,(H,25,28)(H2,24,26,27). The van der Waals surface area contributed by atoms with Crippen molar-refractivity contribution >= 4 is 40.5 Å². The molecule has 4 rings (SSSR count). The van der Waals surface area contributed by atoms with Gasteiger partial charge in [0.15, 0.2) is 23.2 Å². The van der Waals surface area contributed by atoms with Crippen molar-refractivity contribution in [3.05, 3.63) is 53.8 Å². The lowest BCUT2D eigenvalue weighted by atomic mass is 10.1. The van der Waals surface area contributed by atoms with Gasteiger partial charge in [0.1, 0.15) is 18.5 Å². The highest BCUT2D eigenvalue weighted by molar-refractivity contribution is 6.30. The minimum Gasteiger partial charge on any atom is -0.463 e. The van der Waals surface area contributed by atoms with Crippen molar-refractivity contribution in [3.8, 4) is 0 Å². The number of aromatic nitrogens is 4. The third-order valence-corrected chi connectivity index (χ3v) is 5.76. The smallest absolute Gasteiger partial charge is 0.330 e. The molecule has 1 saturated heterocycles. The lowest BCUT2D eigenvalue weighted by Gasteiger charge is -2.20. The second-order valence-electron chi connectivity index (χ2n) is 7.78. The number of carbonyl (C=O) groups is 1. The average molecular weight is 489 g/mol. The summed E-state index contributed by atoms with van der Waals surface area (Å²) in [6.07, 6.45) is -0.935. The number of hydrogen-bond donors (Lipinski definition) is 4. The number of hydrogen-bond acceptors (Lipinski definition) is 10. The predicted octanol–water partition coefficient (Wildman–Crippen LogP) is 1.80. The number of imidazole rings is 1. The number of nitrogens with one attached hydrogen (secondary N) is 1. The van der Waals surface area contributed by atoms with Gasteiger partial charge in [0, 0.05) is 17.6 Å². The zero-order chi connectivity index (χ0) is 24.2. The molecule has 2 aromatic heterocycles. The second kappa shape index (κ2) is 10.3. The molecule has 1 aliphatic heterocycles. The monoisotopic (exact) mass is 488 g/mol. The minimum absolute atomic E-state index is 0.143. The van der Waals surface area contributed by atoms with Gasteiger partial charge in [-0.1, -0.05) is 30.3 Å². The fraction of sp³-hybridized carbons (Fsp3) is 0.364. The van der Waals surface area contributed by atoms with E-state index in [0.717, 1.165) is 11.6 Å². The van der Waals surface area contributed by atoms with Crippen molar-refractivity contribution in [2.24, 2.45) is 0 Å². The SMILES string of the molecule is C=CC(=O)OCCCC1OC(n2c(NCc3ccc(Cl)cc3)nc3c(N)ncnc32)C(O)C1O. The zero-order valence-corrected chi connectivity index (χ0v) is 18.9. The van der Waals surface area contributed by atoms with E-state index in [1.165, 1.54) is 6.33 Å². The fourth-order valence-corrected chi connectivity index (χ4v) is 3.90. The Kier molecular flexibility index (Phi) is 7.27. The summed E-state index contributed by atoms with van der Waals surface area (Å²) in [5.41, 5.74) is 7.63. The number of fused-ring (bicyclic) bond motifs is 1. The van der Waals surface area contributed by atoms with Gasteiger partial charge in [0.2, 0.25) is 5.95 Å². The number of carbonyl (C=O) groups excluding carboxylic acids is 1. The number of esters is 1. The van der Waals surface area contributed by atoms with E-state index in [4.69, 9.17) is 26.8 Å². The molecule has 0 amide bonds. The number of anilines is 2. The maximum atomic E-state index is 11.2. The molecular formula is C22H25ClN6O5. The predicted molar refractivity (Wildman–Crippen MR) is 125 cm³/mol. The molecule has 34 heavy (non-hydrogen) atoms. The Balaban J connectivity index is 1.56. The van der Waals surface area contributed by atoms with Gasteiger partial charge in [-0.25, -0.2) is 19.7 Å². The van der Waals surface area contributed by atoms with E-state index in [9.17, 15) is 15.0 Å². The summed E-state index contributed by atoms with van der Waals surface area (Å²) in [6.45, 7) is 3.89. The van der Waals surface area contributed by atoms with Crippen molar-refractivity contribution in [1.29, 1.82) is 0 Å². The Morgan fingerprint density at radius 2 is 2.06 bits per heavy atom. The number of nitrogens with zero attached hydrogens (tertiary/aromatic N) is 4. The van der Waals surface area contributed by atoms with Crippen molar-refractivity contribution in [1.82, 2.24) is 19.5 Å². The van der Waals surface area contributed by atoms with Crippen LogP contribution in [0.1, 0.15) is 24.6 Å². The lowest BCUT2D eigenvalue weighted by molar-refractivity contribution is -0.138. The Morgan fingerprint density at radius 3 is 2.79 bits per heavy atom. The number of nitrogen functional groups attached to an aromatic ring is 1. The van der Waals surface area contributed by atoms with Gasteiger partial charge in [-0.3, -0.25) is 4.57 Å². The molecule has 0 saturated carbocycles. The average Bonchev–Trinajstić information content (AvgIpc) is 3.34. The first-order chi connectivity index (χ1) is 16.4. The maximum absolute atomic E-state index is 11.2. The van der Waals surface area contributed by atoms with Crippen molar-refractivity contribution in [2.75, 3.05) is 17.7 Å². The Bertz CT molecular complexity index is 1170. The third kappa shape index (κ3) is 4.97. The summed E-state index contributed by atoms with van der Waals surface area (Å²) in [5.74, 6) is -0.00904. The van der Waals surface area contributed by atoms with Gasteiger partial charge in [0.05, 0.1) is 12.7 Å².